The fourth-order valence-electron chi connectivity index (χ4n) is 2.55. The zero-order valence-electron chi connectivity index (χ0n) is 10.8. The molecule has 102 valence electrons. The third kappa shape index (κ3) is 2.47. The molecule has 1 saturated carbocycles. The van der Waals surface area contributed by atoms with Gasteiger partial charge in [-0.3, -0.25) is 4.79 Å². The summed E-state index contributed by atoms with van der Waals surface area (Å²) in [5.41, 5.74) is 5.88. The lowest BCUT2D eigenvalue weighted by Crippen LogP contribution is -2.44. The van der Waals surface area contributed by atoms with Crippen LogP contribution in [0.15, 0.2) is 18.2 Å². The van der Waals surface area contributed by atoms with E-state index >= 15 is 0 Å². The summed E-state index contributed by atoms with van der Waals surface area (Å²) in [4.78, 5) is 12.7. The molecule has 3 N–H and O–H groups in total. The molecule has 0 heterocycles. The molecule has 0 radical (unpaired) electrons. The predicted octanol–water partition coefficient (Wildman–Crippen LogP) is 2.92. The van der Waals surface area contributed by atoms with Crippen LogP contribution >= 0.6 is 12.2 Å². The highest BCUT2D eigenvalue weighted by molar-refractivity contribution is 7.80. The lowest BCUT2D eigenvalue weighted by Gasteiger charge is -2.26. The van der Waals surface area contributed by atoms with Crippen LogP contribution < -0.4 is 11.1 Å². The first-order chi connectivity index (χ1) is 8.97. The van der Waals surface area contributed by atoms with E-state index in [9.17, 15) is 9.18 Å². The molecule has 0 unspecified atom stereocenters. The molecule has 1 amide bonds. The summed E-state index contributed by atoms with van der Waals surface area (Å²) in [6.45, 7) is 1.63. The Bertz CT molecular complexity index is 524. The molecule has 1 aromatic carbocycles. The smallest absolute Gasteiger partial charge is 0.237 e. The van der Waals surface area contributed by atoms with Crippen molar-refractivity contribution in [1.82, 2.24) is 0 Å². The second-order valence-electron chi connectivity index (χ2n) is 5.02. The predicted molar refractivity (Wildman–Crippen MR) is 77.5 cm³/mol. The first kappa shape index (κ1) is 13.9. The van der Waals surface area contributed by atoms with Crippen LogP contribution in [0.2, 0.25) is 0 Å². The number of thiocarbonyl (C=S) groups is 1. The number of nitrogens with two attached hydrogens (primary N) is 1. The number of anilines is 1. The van der Waals surface area contributed by atoms with E-state index in [2.05, 4.69) is 5.32 Å². The van der Waals surface area contributed by atoms with Gasteiger partial charge in [0.25, 0.3) is 0 Å². The number of hydrogen-bond donors (Lipinski definition) is 2. The number of carbonyl (C=O) groups is 1. The number of benzene rings is 1. The van der Waals surface area contributed by atoms with Crippen molar-refractivity contribution in [3.63, 3.8) is 0 Å². The SMILES string of the molecule is Cc1c(F)cccc1NC(=O)C1(C(N)=S)CCCC1. The van der Waals surface area contributed by atoms with Gasteiger partial charge in [0, 0.05) is 11.3 Å². The fraction of sp³-hybridized carbons (Fsp3) is 0.429. The van der Waals surface area contributed by atoms with Gasteiger partial charge in [-0.25, -0.2) is 4.39 Å². The maximum absolute atomic E-state index is 13.5. The summed E-state index contributed by atoms with van der Waals surface area (Å²) < 4.78 is 13.5. The second-order valence-corrected chi connectivity index (χ2v) is 5.46. The minimum Gasteiger partial charge on any atom is -0.392 e. The molecular formula is C14H17FN2OS. The molecule has 1 fully saturated rings. The van der Waals surface area contributed by atoms with Crippen LogP contribution in [0.1, 0.15) is 31.2 Å². The van der Waals surface area contributed by atoms with Crippen molar-refractivity contribution in [1.29, 1.82) is 0 Å². The average Bonchev–Trinajstić information content (AvgIpc) is 2.85. The Kier molecular flexibility index (Phi) is 3.85. The molecule has 0 atom stereocenters. The molecule has 5 heteroatoms. The first-order valence-electron chi connectivity index (χ1n) is 6.34. The van der Waals surface area contributed by atoms with Gasteiger partial charge >= 0.3 is 0 Å². The van der Waals surface area contributed by atoms with E-state index < -0.39 is 5.41 Å². The van der Waals surface area contributed by atoms with Gasteiger partial charge in [0.05, 0.1) is 10.4 Å². The Morgan fingerprint density at radius 2 is 2.05 bits per heavy atom. The molecule has 1 aliphatic carbocycles. The lowest BCUT2D eigenvalue weighted by molar-refractivity contribution is -0.122. The van der Waals surface area contributed by atoms with Gasteiger partial charge in [-0.1, -0.05) is 31.1 Å². The van der Waals surface area contributed by atoms with Crippen LogP contribution in [-0.4, -0.2) is 10.9 Å². The van der Waals surface area contributed by atoms with E-state index in [0.717, 1.165) is 12.8 Å². The third-order valence-electron chi connectivity index (χ3n) is 3.88. The fourth-order valence-corrected chi connectivity index (χ4v) is 2.85. The van der Waals surface area contributed by atoms with Gasteiger partial charge in [-0.2, -0.15) is 0 Å². The molecular weight excluding hydrogens is 263 g/mol. The maximum Gasteiger partial charge on any atom is 0.237 e. The summed E-state index contributed by atoms with van der Waals surface area (Å²) in [6, 6.07) is 4.61. The number of hydrogen-bond acceptors (Lipinski definition) is 2. The number of rotatable bonds is 3. The molecule has 0 aliphatic heterocycles. The highest BCUT2D eigenvalue weighted by Gasteiger charge is 2.44. The molecule has 1 aliphatic rings. The van der Waals surface area contributed by atoms with Crippen LogP contribution in [0.3, 0.4) is 0 Å². The quantitative estimate of drug-likeness (QED) is 0.837. The largest absolute Gasteiger partial charge is 0.392 e. The van der Waals surface area contributed by atoms with E-state index in [4.69, 9.17) is 18.0 Å². The van der Waals surface area contributed by atoms with E-state index in [1.807, 2.05) is 0 Å². The molecule has 0 saturated heterocycles. The van der Waals surface area contributed by atoms with Crippen molar-refractivity contribution in [2.45, 2.75) is 32.6 Å². The summed E-state index contributed by atoms with van der Waals surface area (Å²) in [5, 5.41) is 2.77. The Morgan fingerprint density at radius 1 is 1.42 bits per heavy atom. The van der Waals surface area contributed by atoms with Gasteiger partial charge in [-0.15, -0.1) is 0 Å². The zero-order valence-corrected chi connectivity index (χ0v) is 11.6. The van der Waals surface area contributed by atoms with Gasteiger partial charge in [0.15, 0.2) is 0 Å². The summed E-state index contributed by atoms with van der Waals surface area (Å²) >= 11 is 5.06. The lowest BCUT2D eigenvalue weighted by atomic mass is 9.85. The standard InChI is InChI=1S/C14H17FN2OS/c1-9-10(15)5-4-6-11(9)17-13(18)14(12(16)19)7-2-3-8-14/h4-6H,2-3,7-8H2,1H3,(H2,16,19)(H,17,18). The van der Waals surface area contributed by atoms with Gasteiger partial charge < -0.3 is 11.1 Å². The van der Waals surface area contributed by atoms with E-state index in [-0.39, 0.29) is 16.7 Å². The topological polar surface area (TPSA) is 55.1 Å². The van der Waals surface area contributed by atoms with E-state index in [1.165, 1.54) is 6.07 Å². The monoisotopic (exact) mass is 280 g/mol. The Hall–Kier alpha value is -1.49. The number of nitrogens with one attached hydrogen (secondary N) is 1. The first-order valence-corrected chi connectivity index (χ1v) is 6.75. The number of halogens is 1. The van der Waals surface area contributed by atoms with Crippen LogP contribution in [0.5, 0.6) is 0 Å². The highest BCUT2D eigenvalue weighted by atomic mass is 32.1. The van der Waals surface area contributed by atoms with Crippen LogP contribution in [0.25, 0.3) is 0 Å². The van der Waals surface area contributed by atoms with Crippen molar-refractivity contribution >= 4 is 28.8 Å². The van der Waals surface area contributed by atoms with Gasteiger partial charge in [-0.05, 0) is 31.9 Å². The van der Waals surface area contributed by atoms with Gasteiger partial charge in [0.2, 0.25) is 5.91 Å². The summed E-state index contributed by atoms with van der Waals surface area (Å²) in [6.07, 6.45) is 3.21. The minimum absolute atomic E-state index is 0.216. The average molecular weight is 280 g/mol. The Balaban J connectivity index is 2.25. The molecule has 3 nitrogen and oxygen atoms in total. The van der Waals surface area contributed by atoms with Crippen LogP contribution in [-0.2, 0) is 4.79 Å². The Labute approximate surface area is 117 Å². The van der Waals surface area contributed by atoms with Crippen LogP contribution in [0.4, 0.5) is 10.1 Å². The van der Waals surface area contributed by atoms with Crippen molar-refractivity contribution < 1.29 is 9.18 Å². The molecule has 0 bridgehead atoms. The maximum atomic E-state index is 13.5. The minimum atomic E-state index is -0.770. The number of amides is 1. The van der Waals surface area contributed by atoms with E-state index in [1.54, 1.807) is 19.1 Å². The van der Waals surface area contributed by atoms with E-state index in [0.29, 0.717) is 24.1 Å². The van der Waals surface area contributed by atoms with Crippen molar-refractivity contribution in [3.05, 3.63) is 29.6 Å². The second kappa shape index (κ2) is 5.25. The Morgan fingerprint density at radius 3 is 2.63 bits per heavy atom. The third-order valence-corrected chi connectivity index (χ3v) is 4.27. The summed E-state index contributed by atoms with van der Waals surface area (Å²) in [5.74, 6) is -0.556. The normalized spacial score (nSPS) is 17.2. The van der Waals surface area contributed by atoms with Crippen LogP contribution in [0, 0.1) is 18.2 Å². The summed E-state index contributed by atoms with van der Waals surface area (Å²) in [7, 11) is 0. The van der Waals surface area contributed by atoms with Crippen molar-refractivity contribution in [2.24, 2.45) is 11.1 Å². The zero-order chi connectivity index (χ0) is 14.0. The highest BCUT2D eigenvalue weighted by Crippen LogP contribution is 2.39. The van der Waals surface area contributed by atoms with Crippen molar-refractivity contribution in [3.8, 4) is 0 Å². The van der Waals surface area contributed by atoms with Gasteiger partial charge in [0.1, 0.15) is 5.82 Å². The molecule has 0 aromatic heterocycles. The molecule has 1 aromatic rings. The molecule has 19 heavy (non-hydrogen) atoms. The molecule has 2 rings (SSSR count). The number of carbonyl (C=O) groups excluding carboxylic acids is 1. The molecule has 0 spiro atoms. The van der Waals surface area contributed by atoms with Crippen molar-refractivity contribution in [2.75, 3.05) is 5.32 Å².